The van der Waals surface area contributed by atoms with Crippen LogP contribution in [0.3, 0.4) is 0 Å². The van der Waals surface area contributed by atoms with Gasteiger partial charge in [-0.3, -0.25) is 9.59 Å². The number of carbonyl (C=O) groups excluding carboxylic acids is 2. The number of carbonyl (C=O) groups is 2. The molecule has 0 amide bonds. The van der Waals surface area contributed by atoms with Crippen LogP contribution in [-0.2, 0) is 19.1 Å². The molecule has 0 aliphatic rings. The maximum absolute atomic E-state index is 10.5. The highest BCUT2D eigenvalue weighted by Crippen LogP contribution is 1.95. The first-order chi connectivity index (χ1) is 5.06. The van der Waals surface area contributed by atoms with E-state index >= 15 is 0 Å². The van der Waals surface area contributed by atoms with Crippen molar-refractivity contribution in [2.75, 3.05) is 5.88 Å². The zero-order valence-electron chi connectivity index (χ0n) is 6.30. The van der Waals surface area contributed by atoms with Gasteiger partial charge in [0.05, 0.1) is 0 Å². The second kappa shape index (κ2) is 4.96. The lowest BCUT2D eigenvalue weighted by Crippen LogP contribution is -2.20. The summed E-state index contributed by atoms with van der Waals surface area (Å²) >= 11 is 5.12. The van der Waals surface area contributed by atoms with E-state index in [1.807, 2.05) is 0 Å². The summed E-state index contributed by atoms with van der Waals surface area (Å²) in [5, 5.41) is 0. The normalized spacial score (nSPS) is 11.9. The molecule has 0 aromatic rings. The Bertz CT molecular complexity index is 157. The summed E-state index contributed by atoms with van der Waals surface area (Å²) in [6.07, 6.45) is -0.862. The molecule has 0 aromatic heterocycles. The van der Waals surface area contributed by atoms with Crippen LogP contribution in [0.1, 0.15) is 13.8 Å². The van der Waals surface area contributed by atoms with Crippen molar-refractivity contribution in [3.05, 3.63) is 0 Å². The van der Waals surface area contributed by atoms with Crippen molar-refractivity contribution < 1.29 is 19.1 Å². The number of hydrogen-bond acceptors (Lipinski definition) is 4. The molecule has 0 aliphatic carbocycles. The van der Waals surface area contributed by atoms with Crippen molar-refractivity contribution >= 4 is 23.5 Å². The summed E-state index contributed by atoms with van der Waals surface area (Å²) in [7, 11) is 0. The van der Waals surface area contributed by atoms with Gasteiger partial charge in [0, 0.05) is 13.8 Å². The lowest BCUT2D eigenvalue weighted by Gasteiger charge is -2.10. The highest BCUT2D eigenvalue weighted by Gasteiger charge is 2.09. The van der Waals surface area contributed by atoms with Crippen molar-refractivity contribution in [2.24, 2.45) is 0 Å². The summed E-state index contributed by atoms with van der Waals surface area (Å²) < 4.78 is 8.98. The van der Waals surface area contributed by atoms with Crippen LogP contribution in [0, 0.1) is 0 Å². The van der Waals surface area contributed by atoms with Gasteiger partial charge in [-0.05, 0) is 0 Å². The number of hydrogen-bond donors (Lipinski definition) is 0. The molecule has 0 radical (unpaired) electrons. The van der Waals surface area contributed by atoms with E-state index in [0.29, 0.717) is 0 Å². The average molecular weight is 181 g/mol. The predicted octanol–water partition coefficient (Wildman–Crippen LogP) is 0.677. The third-order valence-electron chi connectivity index (χ3n) is 0.738. The maximum atomic E-state index is 10.5. The third kappa shape index (κ3) is 5.66. The van der Waals surface area contributed by atoms with Crippen molar-refractivity contribution in [3.8, 4) is 0 Å². The molecule has 0 saturated carbocycles. The molecule has 0 aromatic carbocycles. The van der Waals surface area contributed by atoms with E-state index in [1.54, 1.807) is 0 Å². The molecule has 1 unspecified atom stereocenters. The van der Waals surface area contributed by atoms with E-state index in [-0.39, 0.29) is 5.88 Å². The van der Waals surface area contributed by atoms with Gasteiger partial charge in [-0.15, -0.1) is 11.6 Å². The van der Waals surface area contributed by atoms with E-state index in [1.165, 1.54) is 13.8 Å². The molecular formula is C6H9ClO4. The first-order valence-electron chi connectivity index (χ1n) is 2.99. The molecule has 0 saturated heterocycles. The van der Waals surface area contributed by atoms with Gasteiger partial charge in [-0.1, -0.05) is 0 Å². The molecule has 0 heterocycles. The van der Waals surface area contributed by atoms with Gasteiger partial charge in [0.25, 0.3) is 0 Å². The van der Waals surface area contributed by atoms with Crippen LogP contribution in [0.2, 0.25) is 0 Å². The second-order valence-electron chi connectivity index (χ2n) is 1.80. The quantitative estimate of drug-likeness (QED) is 0.364. The Morgan fingerprint density at radius 3 is 2.36 bits per heavy atom. The summed E-state index contributed by atoms with van der Waals surface area (Å²) in [5.41, 5.74) is 0. The van der Waals surface area contributed by atoms with Gasteiger partial charge >= 0.3 is 11.9 Å². The number of alkyl halides is 1. The Balaban J connectivity index is 3.60. The standard InChI is InChI=1S/C6H9ClO4/c1-4(8)10-5(2)11-6(9)3-7/h5H,3H2,1-2H3. The summed E-state index contributed by atoms with van der Waals surface area (Å²) in [4.78, 5) is 20.7. The van der Waals surface area contributed by atoms with Crippen LogP contribution in [0.4, 0.5) is 0 Å². The summed E-state index contributed by atoms with van der Waals surface area (Å²) in [6, 6.07) is 0. The average Bonchev–Trinajstić information content (AvgIpc) is 1.85. The molecule has 0 aliphatic heterocycles. The number of halogens is 1. The highest BCUT2D eigenvalue weighted by molar-refractivity contribution is 6.26. The monoisotopic (exact) mass is 180 g/mol. The van der Waals surface area contributed by atoms with E-state index < -0.39 is 18.2 Å². The fourth-order valence-electron chi connectivity index (χ4n) is 0.474. The molecule has 0 N–H and O–H groups in total. The Morgan fingerprint density at radius 2 is 2.00 bits per heavy atom. The van der Waals surface area contributed by atoms with Crippen LogP contribution in [-0.4, -0.2) is 24.1 Å². The van der Waals surface area contributed by atoms with Gasteiger partial charge in [0.2, 0.25) is 6.29 Å². The van der Waals surface area contributed by atoms with Crippen molar-refractivity contribution in [1.29, 1.82) is 0 Å². The Labute approximate surface area is 69.4 Å². The van der Waals surface area contributed by atoms with Gasteiger partial charge in [0.1, 0.15) is 5.88 Å². The molecule has 4 nitrogen and oxygen atoms in total. The minimum atomic E-state index is -0.862. The number of ether oxygens (including phenoxy) is 2. The van der Waals surface area contributed by atoms with E-state index in [9.17, 15) is 9.59 Å². The molecule has 0 spiro atoms. The molecule has 1 atom stereocenters. The molecule has 5 heteroatoms. The maximum Gasteiger partial charge on any atom is 0.323 e. The molecule has 0 rings (SSSR count). The van der Waals surface area contributed by atoms with E-state index in [2.05, 4.69) is 9.47 Å². The lowest BCUT2D eigenvalue weighted by atomic mass is 10.7. The van der Waals surface area contributed by atoms with Crippen LogP contribution < -0.4 is 0 Å². The van der Waals surface area contributed by atoms with Gasteiger partial charge in [-0.25, -0.2) is 0 Å². The Morgan fingerprint density at radius 1 is 1.45 bits per heavy atom. The van der Waals surface area contributed by atoms with Gasteiger partial charge in [-0.2, -0.15) is 0 Å². The summed E-state index contributed by atoms with van der Waals surface area (Å²) in [5.74, 6) is -1.36. The molecule has 64 valence electrons. The van der Waals surface area contributed by atoms with Crippen molar-refractivity contribution in [2.45, 2.75) is 20.1 Å². The molecule has 0 bridgehead atoms. The Kier molecular flexibility index (Phi) is 4.61. The minimum Gasteiger partial charge on any atom is -0.426 e. The zero-order valence-corrected chi connectivity index (χ0v) is 7.05. The Hall–Kier alpha value is -0.770. The van der Waals surface area contributed by atoms with E-state index in [4.69, 9.17) is 11.6 Å². The van der Waals surface area contributed by atoms with Crippen molar-refractivity contribution in [3.63, 3.8) is 0 Å². The fraction of sp³-hybridized carbons (Fsp3) is 0.667. The smallest absolute Gasteiger partial charge is 0.323 e. The fourth-order valence-corrected chi connectivity index (χ4v) is 0.537. The molecule has 0 fully saturated rings. The van der Waals surface area contributed by atoms with Crippen LogP contribution in [0.15, 0.2) is 0 Å². The number of rotatable bonds is 3. The largest absolute Gasteiger partial charge is 0.426 e. The third-order valence-corrected chi connectivity index (χ3v) is 0.957. The van der Waals surface area contributed by atoms with Crippen molar-refractivity contribution in [1.82, 2.24) is 0 Å². The first kappa shape index (κ1) is 10.2. The topological polar surface area (TPSA) is 52.6 Å². The van der Waals surface area contributed by atoms with Crippen LogP contribution >= 0.6 is 11.6 Å². The molecule has 11 heavy (non-hydrogen) atoms. The summed E-state index contributed by atoms with van der Waals surface area (Å²) in [6.45, 7) is 2.66. The minimum absolute atomic E-state index is 0.244. The van der Waals surface area contributed by atoms with Gasteiger partial charge in [0.15, 0.2) is 0 Å². The first-order valence-corrected chi connectivity index (χ1v) is 3.52. The highest BCUT2D eigenvalue weighted by atomic mass is 35.5. The predicted molar refractivity (Wildman–Crippen MR) is 38.0 cm³/mol. The SMILES string of the molecule is CC(=O)OC(C)OC(=O)CCl. The zero-order chi connectivity index (χ0) is 8.85. The number of esters is 2. The second-order valence-corrected chi connectivity index (χ2v) is 2.07. The molecular weight excluding hydrogens is 172 g/mol. The van der Waals surface area contributed by atoms with E-state index in [0.717, 1.165) is 0 Å². The van der Waals surface area contributed by atoms with Gasteiger partial charge < -0.3 is 9.47 Å². The van der Waals surface area contributed by atoms with Crippen LogP contribution in [0.5, 0.6) is 0 Å². The van der Waals surface area contributed by atoms with Crippen LogP contribution in [0.25, 0.3) is 0 Å². The lowest BCUT2D eigenvalue weighted by molar-refractivity contribution is -0.180.